The van der Waals surface area contributed by atoms with Crippen molar-refractivity contribution in [1.82, 2.24) is 15.5 Å². The SMILES string of the molecule is CN=C(NCCCN1CCN(c2cccc(C)c2)CC1)NC(C)(C)C. The Hall–Kier alpha value is -1.75. The number of hydrogen-bond acceptors (Lipinski definition) is 3. The second kappa shape index (κ2) is 9.09. The average Bonchev–Trinajstić information content (AvgIpc) is 2.57. The van der Waals surface area contributed by atoms with E-state index in [-0.39, 0.29) is 5.54 Å². The van der Waals surface area contributed by atoms with Gasteiger partial charge in [-0.25, -0.2) is 0 Å². The average molecular weight is 346 g/mol. The Morgan fingerprint density at radius 3 is 2.48 bits per heavy atom. The molecule has 2 rings (SSSR count). The molecule has 0 radical (unpaired) electrons. The quantitative estimate of drug-likeness (QED) is 0.489. The molecule has 1 aromatic rings. The van der Waals surface area contributed by atoms with Crippen LogP contribution in [0.4, 0.5) is 5.69 Å². The Kier molecular flexibility index (Phi) is 7.12. The van der Waals surface area contributed by atoms with Crippen LogP contribution in [0.2, 0.25) is 0 Å². The highest BCUT2D eigenvalue weighted by Gasteiger charge is 2.17. The summed E-state index contributed by atoms with van der Waals surface area (Å²) in [4.78, 5) is 9.34. The van der Waals surface area contributed by atoms with Crippen molar-refractivity contribution in [2.24, 2.45) is 4.99 Å². The highest BCUT2D eigenvalue weighted by Crippen LogP contribution is 2.17. The first-order chi connectivity index (χ1) is 11.9. The summed E-state index contributed by atoms with van der Waals surface area (Å²) in [6.07, 6.45) is 1.13. The van der Waals surface area contributed by atoms with E-state index in [1.54, 1.807) is 0 Å². The second-order valence-corrected chi connectivity index (χ2v) is 7.90. The lowest BCUT2D eigenvalue weighted by Crippen LogP contribution is -2.49. The number of aliphatic imine (C=N–C) groups is 1. The molecule has 1 aliphatic heterocycles. The molecule has 0 aromatic heterocycles. The number of benzene rings is 1. The van der Waals surface area contributed by atoms with Crippen molar-refractivity contribution in [3.63, 3.8) is 0 Å². The highest BCUT2D eigenvalue weighted by atomic mass is 15.3. The summed E-state index contributed by atoms with van der Waals surface area (Å²) in [6.45, 7) is 15.2. The molecule has 1 heterocycles. The first-order valence-electron chi connectivity index (χ1n) is 9.40. The number of piperazine rings is 1. The molecular formula is C20H35N5. The van der Waals surface area contributed by atoms with Crippen LogP contribution in [0.15, 0.2) is 29.3 Å². The van der Waals surface area contributed by atoms with Crippen LogP contribution in [0, 0.1) is 6.92 Å². The maximum absolute atomic E-state index is 4.28. The van der Waals surface area contributed by atoms with Crippen LogP contribution >= 0.6 is 0 Å². The molecule has 1 saturated heterocycles. The predicted octanol–water partition coefficient (Wildman–Crippen LogP) is 2.47. The normalized spacial score (nSPS) is 16.8. The van der Waals surface area contributed by atoms with Crippen LogP contribution in [0.25, 0.3) is 0 Å². The van der Waals surface area contributed by atoms with E-state index >= 15 is 0 Å². The number of nitrogens with zero attached hydrogens (tertiary/aromatic N) is 3. The van der Waals surface area contributed by atoms with Crippen LogP contribution in [0.1, 0.15) is 32.8 Å². The lowest BCUT2D eigenvalue weighted by atomic mass is 10.1. The van der Waals surface area contributed by atoms with E-state index in [0.717, 1.165) is 51.6 Å². The van der Waals surface area contributed by atoms with Gasteiger partial charge in [0, 0.05) is 51.0 Å². The van der Waals surface area contributed by atoms with E-state index in [4.69, 9.17) is 0 Å². The Bertz CT molecular complexity index is 553. The van der Waals surface area contributed by atoms with E-state index in [9.17, 15) is 0 Å². The van der Waals surface area contributed by atoms with Gasteiger partial charge < -0.3 is 15.5 Å². The highest BCUT2D eigenvalue weighted by molar-refractivity contribution is 5.80. The topological polar surface area (TPSA) is 42.9 Å². The lowest BCUT2D eigenvalue weighted by molar-refractivity contribution is 0.255. The van der Waals surface area contributed by atoms with Gasteiger partial charge in [-0.15, -0.1) is 0 Å². The molecule has 0 saturated carbocycles. The molecule has 25 heavy (non-hydrogen) atoms. The van der Waals surface area contributed by atoms with Gasteiger partial charge in [0.25, 0.3) is 0 Å². The Labute approximate surface area is 153 Å². The van der Waals surface area contributed by atoms with Gasteiger partial charge in [0.2, 0.25) is 0 Å². The van der Waals surface area contributed by atoms with Crippen molar-refractivity contribution in [2.75, 3.05) is 51.2 Å². The van der Waals surface area contributed by atoms with Crippen LogP contribution in [0.3, 0.4) is 0 Å². The van der Waals surface area contributed by atoms with Crippen molar-refractivity contribution in [1.29, 1.82) is 0 Å². The Morgan fingerprint density at radius 2 is 1.88 bits per heavy atom. The number of aryl methyl sites for hydroxylation is 1. The third-order valence-corrected chi connectivity index (χ3v) is 4.40. The molecule has 5 nitrogen and oxygen atoms in total. The zero-order valence-electron chi connectivity index (χ0n) is 16.6. The third-order valence-electron chi connectivity index (χ3n) is 4.40. The summed E-state index contributed by atoms with van der Waals surface area (Å²) >= 11 is 0. The van der Waals surface area contributed by atoms with Crippen molar-refractivity contribution >= 4 is 11.6 Å². The van der Waals surface area contributed by atoms with Gasteiger partial charge in [-0.1, -0.05) is 12.1 Å². The minimum Gasteiger partial charge on any atom is -0.369 e. The Morgan fingerprint density at radius 1 is 1.16 bits per heavy atom. The van der Waals surface area contributed by atoms with E-state index in [1.165, 1.54) is 11.3 Å². The minimum absolute atomic E-state index is 0.0357. The summed E-state index contributed by atoms with van der Waals surface area (Å²) in [5.41, 5.74) is 2.73. The fourth-order valence-electron chi connectivity index (χ4n) is 3.10. The predicted molar refractivity (Wildman–Crippen MR) is 109 cm³/mol. The van der Waals surface area contributed by atoms with Crippen molar-refractivity contribution < 1.29 is 0 Å². The van der Waals surface area contributed by atoms with Crippen LogP contribution < -0.4 is 15.5 Å². The van der Waals surface area contributed by atoms with E-state index in [0.29, 0.717) is 0 Å². The van der Waals surface area contributed by atoms with Crippen LogP contribution in [-0.4, -0.2) is 62.7 Å². The number of hydrogen-bond donors (Lipinski definition) is 2. The van der Waals surface area contributed by atoms with Gasteiger partial charge in [-0.05, 0) is 58.4 Å². The summed E-state index contributed by atoms with van der Waals surface area (Å²) in [5, 5.41) is 6.80. The van der Waals surface area contributed by atoms with Crippen molar-refractivity contribution in [3.8, 4) is 0 Å². The van der Waals surface area contributed by atoms with Gasteiger partial charge in [0.15, 0.2) is 5.96 Å². The molecule has 140 valence electrons. The molecule has 2 N–H and O–H groups in total. The number of guanidine groups is 1. The van der Waals surface area contributed by atoms with Gasteiger partial charge in [-0.2, -0.15) is 0 Å². The standard InChI is InChI=1S/C20H35N5/c1-17-8-6-9-18(16-17)25-14-12-24(13-15-25)11-7-10-22-19(21-5)23-20(2,3)4/h6,8-9,16H,7,10-15H2,1-5H3,(H2,21,22,23). The van der Waals surface area contributed by atoms with Gasteiger partial charge in [0.1, 0.15) is 0 Å². The number of rotatable bonds is 5. The molecule has 0 aliphatic carbocycles. The Balaban J connectivity index is 1.65. The third kappa shape index (κ3) is 6.94. The maximum atomic E-state index is 4.28. The molecule has 0 unspecified atom stereocenters. The summed E-state index contributed by atoms with van der Waals surface area (Å²) < 4.78 is 0. The zero-order chi connectivity index (χ0) is 18.3. The number of nitrogens with one attached hydrogen (secondary N) is 2. The summed E-state index contributed by atoms with van der Waals surface area (Å²) in [5.74, 6) is 0.886. The van der Waals surface area contributed by atoms with Gasteiger partial charge in [0.05, 0.1) is 0 Å². The molecule has 0 atom stereocenters. The largest absolute Gasteiger partial charge is 0.369 e. The van der Waals surface area contributed by atoms with Crippen molar-refractivity contribution in [2.45, 2.75) is 39.7 Å². The summed E-state index contributed by atoms with van der Waals surface area (Å²) in [7, 11) is 1.82. The smallest absolute Gasteiger partial charge is 0.191 e. The van der Waals surface area contributed by atoms with Gasteiger partial charge in [-0.3, -0.25) is 9.89 Å². The molecule has 1 aliphatic rings. The van der Waals surface area contributed by atoms with E-state index in [1.807, 2.05) is 7.05 Å². The maximum Gasteiger partial charge on any atom is 0.191 e. The van der Waals surface area contributed by atoms with E-state index in [2.05, 4.69) is 77.4 Å². The second-order valence-electron chi connectivity index (χ2n) is 7.90. The monoisotopic (exact) mass is 345 g/mol. The molecule has 5 heteroatoms. The fourth-order valence-corrected chi connectivity index (χ4v) is 3.10. The molecular weight excluding hydrogens is 310 g/mol. The zero-order valence-corrected chi connectivity index (χ0v) is 16.6. The fraction of sp³-hybridized carbons (Fsp3) is 0.650. The lowest BCUT2D eigenvalue weighted by Gasteiger charge is -2.36. The molecule has 0 spiro atoms. The molecule has 0 amide bonds. The number of anilines is 1. The molecule has 1 aromatic carbocycles. The van der Waals surface area contributed by atoms with Gasteiger partial charge >= 0.3 is 0 Å². The van der Waals surface area contributed by atoms with Crippen LogP contribution in [0.5, 0.6) is 0 Å². The first kappa shape index (κ1) is 19.6. The van der Waals surface area contributed by atoms with Crippen LogP contribution in [-0.2, 0) is 0 Å². The molecule has 0 bridgehead atoms. The molecule has 1 fully saturated rings. The summed E-state index contributed by atoms with van der Waals surface area (Å²) in [6, 6.07) is 8.82. The van der Waals surface area contributed by atoms with E-state index < -0.39 is 0 Å². The minimum atomic E-state index is 0.0357. The van der Waals surface area contributed by atoms with Crippen molar-refractivity contribution in [3.05, 3.63) is 29.8 Å². The first-order valence-corrected chi connectivity index (χ1v) is 9.40.